The van der Waals surface area contributed by atoms with Crippen LogP contribution >= 0.6 is 0 Å². The third kappa shape index (κ3) is 4.20. The number of nitrogens with one attached hydrogen (secondary N) is 1. The number of morpholine rings is 1. The average molecular weight is 316 g/mol. The second kappa shape index (κ2) is 6.66. The fraction of sp³-hybridized carbons (Fsp3) is 0.533. The van der Waals surface area contributed by atoms with Gasteiger partial charge in [0.1, 0.15) is 0 Å². The van der Waals surface area contributed by atoms with Crippen molar-refractivity contribution in [3.05, 3.63) is 29.8 Å². The number of ether oxygens (including phenoxy) is 1. The fourth-order valence-electron chi connectivity index (χ4n) is 2.41. The van der Waals surface area contributed by atoms with Gasteiger partial charge in [0.25, 0.3) is 0 Å². The predicted molar refractivity (Wildman–Crippen MR) is 76.5 cm³/mol. The van der Waals surface area contributed by atoms with Gasteiger partial charge in [-0.05, 0) is 26.0 Å². The number of carbonyl (C=O) groups is 1. The highest BCUT2D eigenvalue weighted by Crippen LogP contribution is 2.34. The highest BCUT2D eigenvalue weighted by molar-refractivity contribution is 5.93. The topological polar surface area (TPSA) is 41.6 Å². The van der Waals surface area contributed by atoms with E-state index in [1.807, 2.05) is 18.7 Å². The number of rotatable bonds is 3. The first-order valence-corrected chi connectivity index (χ1v) is 7.09. The maximum atomic E-state index is 12.9. The maximum absolute atomic E-state index is 12.9. The monoisotopic (exact) mass is 316 g/mol. The van der Waals surface area contributed by atoms with Crippen molar-refractivity contribution in [1.29, 1.82) is 0 Å². The van der Waals surface area contributed by atoms with Crippen molar-refractivity contribution >= 4 is 11.6 Å². The Hall–Kier alpha value is -1.60. The lowest BCUT2D eigenvalue weighted by atomic mass is 10.1. The zero-order chi connectivity index (χ0) is 16.3. The first kappa shape index (κ1) is 16.8. The van der Waals surface area contributed by atoms with E-state index in [-0.39, 0.29) is 24.4 Å². The second-order valence-corrected chi connectivity index (χ2v) is 5.51. The Kier molecular flexibility index (Phi) is 5.08. The summed E-state index contributed by atoms with van der Waals surface area (Å²) in [6, 6.07) is 5.02. The molecule has 1 amide bonds. The number of nitrogens with zero attached hydrogens (tertiary/aromatic N) is 1. The van der Waals surface area contributed by atoms with Gasteiger partial charge in [0.15, 0.2) is 0 Å². The molecule has 7 heteroatoms. The fourth-order valence-corrected chi connectivity index (χ4v) is 2.41. The molecule has 0 spiro atoms. The number of para-hydroxylation sites is 1. The molecule has 1 N–H and O–H groups in total. The molecule has 0 aliphatic carbocycles. The van der Waals surface area contributed by atoms with Gasteiger partial charge in [-0.1, -0.05) is 12.1 Å². The number of anilines is 1. The van der Waals surface area contributed by atoms with Crippen LogP contribution < -0.4 is 5.32 Å². The molecule has 1 aliphatic heterocycles. The van der Waals surface area contributed by atoms with Crippen LogP contribution in [0.15, 0.2) is 24.3 Å². The summed E-state index contributed by atoms with van der Waals surface area (Å²) in [5.74, 6) is -0.461. The maximum Gasteiger partial charge on any atom is 0.418 e. The minimum atomic E-state index is -4.50. The number of benzene rings is 1. The van der Waals surface area contributed by atoms with Gasteiger partial charge < -0.3 is 10.1 Å². The van der Waals surface area contributed by atoms with Crippen molar-refractivity contribution < 1.29 is 22.7 Å². The summed E-state index contributed by atoms with van der Waals surface area (Å²) in [5.41, 5.74) is -1.05. The van der Waals surface area contributed by atoms with Crippen molar-refractivity contribution in [1.82, 2.24) is 4.90 Å². The van der Waals surface area contributed by atoms with Gasteiger partial charge in [0.2, 0.25) is 5.91 Å². The molecule has 1 fully saturated rings. The lowest BCUT2D eigenvalue weighted by Gasteiger charge is -2.36. The summed E-state index contributed by atoms with van der Waals surface area (Å²) in [7, 11) is 0. The quantitative estimate of drug-likeness (QED) is 0.932. The normalized spacial score (nSPS) is 23.3. The average Bonchev–Trinajstić information content (AvgIpc) is 2.42. The number of hydrogen-bond donors (Lipinski definition) is 1. The van der Waals surface area contributed by atoms with Crippen molar-refractivity contribution in [2.75, 3.05) is 25.0 Å². The summed E-state index contributed by atoms with van der Waals surface area (Å²) in [6.07, 6.45) is -4.49. The van der Waals surface area contributed by atoms with Gasteiger partial charge in [-0.15, -0.1) is 0 Å². The van der Waals surface area contributed by atoms with Gasteiger partial charge in [0, 0.05) is 12.6 Å². The van der Waals surface area contributed by atoms with Gasteiger partial charge in [-0.3, -0.25) is 9.69 Å². The molecule has 0 radical (unpaired) electrons. The summed E-state index contributed by atoms with van der Waals surface area (Å²) < 4.78 is 44.1. The molecule has 1 heterocycles. The SMILES string of the molecule is CC1CN(CC(=O)Nc2ccccc2C(F)(F)F)C(C)CO1. The number of alkyl halides is 3. The number of amides is 1. The summed E-state index contributed by atoms with van der Waals surface area (Å²) >= 11 is 0. The van der Waals surface area contributed by atoms with Crippen molar-refractivity contribution in [3.63, 3.8) is 0 Å². The minimum Gasteiger partial charge on any atom is -0.376 e. The Labute approximate surface area is 127 Å². The van der Waals surface area contributed by atoms with E-state index in [9.17, 15) is 18.0 Å². The molecule has 0 aromatic heterocycles. The second-order valence-electron chi connectivity index (χ2n) is 5.51. The van der Waals surface area contributed by atoms with E-state index in [0.717, 1.165) is 6.07 Å². The molecule has 22 heavy (non-hydrogen) atoms. The molecule has 2 unspecified atom stereocenters. The Morgan fingerprint density at radius 1 is 1.36 bits per heavy atom. The summed E-state index contributed by atoms with van der Waals surface area (Å²) in [5, 5.41) is 2.36. The van der Waals surface area contributed by atoms with E-state index in [0.29, 0.717) is 13.2 Å². The van der Waals surface area contributed by atoms with Crippen molar-refractivity contribution in [3.8, 4) is 0 Å². The summed E-state index contributed by atoms with van der Waals surface area (Å²) in [6.45, 7) is 4.95. The molecule has 2 atom stereocenters. The van der Waals surface area contributed by atoms with Crippen molar-refractivity contribution in [2.24, 2.45) is 0 Å². The molecule has 1 aromatic rings. The van der Waals surface area contributed by atoms with Crippen LogP contribution in [0.3, 0.4) is 0 Å². The van der Waals surface area contributed by atoms with E-state index in [1.165, 1.54) is 18.2 Å². The van der Waals surface area contributed by atoms with E-state index in [1.54, 1.807) is 0 Å². The van der Waals surface area contributed by atoms with Crippen LogP contribution in [-0.2, 0) is 15.7 Å². The van der Waals surface area contributed by atoms with E-state index in [4.69, 9.17) is 4.74 Å². The number of carbonyl (C=O) groups excluding carboxylic acids is 1. The van der Waals surface area contributed by atoms with Crippen molar-refractivity contribution in [2.45, 2.75) is 32.2 Å². The molecule has 2 rings (SSSR count). The van der Waals surface area contributed by atoms with Gasteiger partial charge >= 0.3 is 6.18 Å². The largest absolute Gasteiger partial charge is 0.418 e. The first-order valence-electron chi connectivity index (χ1n) is 7.09. The molecule has 1 saturated heterocycles. The smallest absolute Gasteiger partial charge is 0.376 e. The van der Waals surface area contributed by atoms with Gasteiger partial charge in [0.05, 0.1) is 30.5 Å². The Morgan fingerprint density at radius 3 is 2.73 bits per heavy atom. The molecular formula is C15H19F3N2O2. The Morgan fingerprint density at radius 2 is 2.05 bits per heavy atom. The van der Waals surface area contributed by atoms with E-state index in [2.05, 4.69) is 5.32 Å². The summed E-state index contributed by atoms with van der Waals surface area (Å²) in [4.78, 5) is 14.0. The molecule has 0 bridgehead atoms. The molecular weight excluding hydrogens is 297 g/mol. The van der Waals surface area contributed by atoms with Crippen LogP contribution in [0, 0.1) is 0 Å². The van der Waals surface area contributed by atoms with E-state index >= 15 is 0 Å². The zero-order valence-corrected chi connectivity index (χ0v) is 12.5. The lowest BCUT2D eigenvalue weighted by Crippen LogP contribution is -2.50. The van der Waals surface area contributed by atoms with Crippen LogP contribution in [-0.4, -0.2) is 42.6 Å². The van der Waals surface area contributed by atoms with Crippen LogP contribution in [0.4, 0.5) is 18.9 Å². The molecule has 1 aromatic carbocycles. The third-order valence-electron chi connectivity index (χ3n) is 3.59. The molecule has 0 saturated carbocycles. The minimum absolute atomic E-state index is 0.00598. The van der Waals surface area contributed by atoms with E-state index < -0.39 is 17.6 Å². The zero-order valence-electron chi connectivity index (χ0n) is 12.5. The highest BCUT2D eigenvalue weighted by Gasteiger charge is 2.34. The standard InChI is InChI=1S/C15H19F3N2O2/c1-10-9-22-11(2)7-20(10)8-14(21)19-13-6-4-3-5-12(13)15(16,17)18/h3-6,10-11H,7-9H2,1-2H3,(H,19,21). The molecule has 1 aliphatic rings. The number of hydrogen-bond acceptors (Lipinski definition) is 3. The molecule has 4 nitrogen and oxygen atoms in total. The highest BCUT2D eigenvalue weighted by atomic mass is 19.4. The van der Waals surface area contributed by atoms with Crippen LogP contribution in [0.1, 0.15) is 19.4 Å². The molecule has 122 valence electrons. The number of halogens is 3. The Bertz CT molecular complexity index is 534. The third-order valence-corrected chi connectivity index (χ3v) is 3.59. The van der Waals surface area contributed by atoms with Gasteiger partial charge in [-0.2, -0.15) is 13.2 Å². The van der Waals surface area contributed by atoms with Crippen LogP contribution in [0.25, 0.3) is 0 Å². The predicted octanol–water partition coefficient (Wildman–Crippen LogP) is 2.75. The van der Waals surface area contributed by atoms with Crippen LogP contribution in [0.5, 0.6) is 0 Å². The first-order chi connectivity index (χ1) is 10.3. The van der Waals surface area contributed by atoms with Crippen LogP contribution in [0.2, 0.25) is 0 Å². The lowest BCUT2D eigenvalue weighted by molar-refractivity contribution is -0.137. The Balaban J connectivity index is 2.04. The van der Waals surface area contributed by atoms with Gasteiger partial charge in [-0.25, -0.2) is 0 Å².